The molecule has 1 N–H and O–H groups in total. The molecule has 5 aromatic rings. The molecule has 0 spiro atoms. The number of benzene rings is 3. The van der Waals surface area contributed by atoms with E-state index in [1.54, 1.807) is 30.5 Å². The van der Waals surface area contributed by atoms with Gasteiger partial charge in [0.1, 0.15) is 11.4 Å². The number of rotatable bonds is 8. The van der Waals surface area contributed by atoms with Gasteiger partial charge in [-0.05, 0) is 47.5 Å². The molecular weight excluding hydrogens is 438 g/mol. The number of carbonyl (C=O) groups excluding carboxylic acids is 1. The van der Waals surface area contributed by atoms with Crippen LogP contribution in [0.5, 0.6) is 5.75 Å². The van der Waals surface area contributed by atoms with E-state index in [0.717, 1.165) is 34.7 Å². The Morgan fingerprint density at radius 2 is 1.77 bits per heavy atom. The molecule has 0 unspecified atom stereocenters. The van der Waals surface area contributed by atoms with Crippen molar-refractivity contribution in [3.63, 3.8) is 0 Å². The van der Waals surface area contributed by atoms with E-state index in [2.05, 4.69) is 22.4 Å². The molecule has 3 aromatic carbocycles. The van der Waals surface area contributed by atoms with E-state index >= 15 is 0 Å². The van der Waals surface area contributed by atoms with E-state index in [1.165, 1.54) is 0 Å². The Labute approximate surface area is 203 Å². The molecule has 174 valence electrons. The number of hydrogen-bond donors (Lipinski definition) is 1. The molecule has 0 saturated heterocycles. The van der Waals surface area contributed by atoms with Crippen molar-refractivity contribution in [1.82, 2.24) is 24.6 Å². The Hall–Kier alpha value is -4.65. The molecule has 0 atom stereocenters. The standard InChI is InChI=1S/C28H25N5O2/c1-35-25-12-10-23(11-13-25)27-26(19-33(31-27)24-8-3-2-4-9-24)28(34)30-17-21-6-5-7-22(16-21)18-32-15-14-29-20-32/h2-16,19-20H,17-18H2,1H3,(H,30,34). The topological polar surface area (TPSA) is 74.0 Å². The molecule has 0 fully saturated rings. The number of aromatic nitrogens is 4. The van der Waals surface area contributed by atoms with Crippen LogP contribution in [0.4, 0.5) is 0 Å². The Morgan fingerprint density at radius 3 is 2.51 bits per heavy atom. The maximum Gasteiger partial charge on any atom is 0.255 e. The van der Waals surface area contributed by atoms with Crippen molar-refractivity contribution in [2.75, 3.05) is 7.11 Å². The third kappa shape index (κ3) is 5.14. The molecule has 7 nitrogen and oxygen atoms in total. The minimum atomic E-state index is -0.182. The maximum atomic E-state index is 13.3. The number of carbonyl (C=O) groups is 1. The Balaban J connectivity index is 1.39. The first-order valence-corrected chi connectivity index (χ1v) is 11.3. The van der Waals surface area contributed by atoms with Crippen molar-refractivity contribution in [2.45, 2.75) is 13.1 Å². The lowest BCUT2D eigenvalue weighted by atomic mass is 10.1. The van der Waals surface area contributed by atoms with Gasteiger partial charge in [0, 0.05) is 37.2 Å². The number of nitrogens with zero attached hydrogens (tertiary/aromatic N) is 4. The van der Waals surface area contributed by atoms with Gasteiger partial charge in [0.15, 0.2) is 0 Å². The van der Waals surface area contributed by atoms with Crippen molar-refractivity contribution in [3.8, 4) is 22.7 Å². The number of amides is 1. The average Bonchev–Trinajstić information content (AvgIpc) is 3.59. The van der Waals surface area contributed by atoms with Crippen molar-refractivity contribution < 1.29 is 9.53 Å². The van der Waals surface area contributed by atoms with Gasteiger partial charge in [-0.25, -0.2) is 9.67 Å². The number of hydrogen-bond acceptors (Lipinski definition) is 4. The minimum Gasteiger partial charge on any atom is -0.497 e. The molecule has 2 aromatic heterocycles. The van der Waals surface area contributed by atoms with Crippen LogP contribution in [0.1, 0.15) is 21.5 Å². The first kappa shape index (κ1) is 22.2. The van der Waals surface area contributed by atoms with E-state index in [0.29, 0.717) is 17.8 Å². The number of imidazole rings is 1. The summed E-state index contributed by atoms with van der Waals surface area (Å²) in [6, 6.07) is 25.5. The van der Waals surface area contributed by atoms with E-state index in [9.17, 15) is 4.79 Å². The van der Waals surface area contributed by atoms with Crippen LogP contribution in [-0.2, 0) is 13.1 Å². The normalized spacial score (nSPS) is 10.8. The van der Waals surface area contributed by atoms with E-state index < -0.39 is 0 Å². The molecule has 2 heterocycles. The van der Waals surface area contributed by atoms with E-state index in [4.69, 9.17) is 9.84 Å². The van der Waals surface area contributed by atoms with Gasteiger partial charge in [-0.1, -0.05) is 42.5 Å². The zero-order chi connectivity index (χ0) is 24.0. The first-order chi connectivity index (χ1) is 17.2. The zero-order valence-corrected chi connectivity index (χ0v) is 19.3. The van der Waals surface area contributed by atoms with Gasteiger partial charge < -0.3 is 14.6 Å². The summed E-state index contributed by atoms with van der Waals surface area (Å²) in [5.74, 6) is 0.566. The minimum absolute atomic E-state index is 0.182. The molecule has 0 aliphatic carbocycles. The van der Waals surface area contributed by atoms with Crippen LogP contribution in [0, 0.1) is 0 Å². The summed E-state index contributed by atoms with van der Waals surface area (Å²) < 4.78 is 9.02. The number of nitrogens with one attached hydrogen (secondary N) is 1. The van der Waals surface area contributed by atoms with Crippen LogP contribution in [-0.4, -0.2) is 32.3 Å². The predicted octanol–water partition coefficient (Wildman–Crippen LogP) is 4.72. The predicted molar refractivity (Wildman–Crippen MR) is 134 cm³/mol. The summed E-state index contributed by atoms with van der Waals surface area (Å²) in [6.07, 6.45) is 7.26. The maximum absolute atomic E-state index is 13.3. The lowest BCUT2D eigenvalue weighted by molar-refractivity contribution is 0.0951. The van der Waals surface area contributed by atoms with E-state index in [1.807, 2.05) is 77.5 Å². The summed E-state index contributed by atoms with van der Waals surface area (Å²) in [6.45, 7) is 1.14. The Bertz CT molecular complexity index is 1410. The van der Waals surface area contributed by atoms with Gasteiger partial charge in [-0.2, -0.15) is 5.10 Å². The summed E-state index contributed by atoms with van der Waals surface area (Å²) in [7, 11) is 1.63. The molecule has 0 aliphatic heterocycles. The summed E-state index contributed by atoms with van der Waals surface area (Å²) >= 11 is 0. The van der Waals surface area contributed by atoms with Crippen LogP contribution in [0.3, 0.4) is 0 Å². The molecule has 0 radical (unpaired) electrons. The Morgan fingerprint density at radius 1 is 0.971 bits per heavy atom. The number of para-hydroxylation sites is 1. The lowest BCUT2D eigenvalue weighted by Crippen LogP contribution is -2.23. The molecule has 0 saturated carbocycles. The van der Waals surface area contributed by atoms with Gasteiger partial charge in [-0.3, -0.25) is 4.79 Å². The van der Waals surface area contributed by atoms with Crippen LogP contribution in [0.15, 0.2) is 104 Å². The second-order valence-corrected chi connectivity index (χ2v) is 8.14. The second-order valence-electron chi connectivity index (χ2n) is 8.14. The van der Waals surface area contributed by atoms with Crippen LogP contribution < -0.4 is 10.1 Å². The van der Waals surface area contributed by atoms with Crippen molar-refractivity contribution in [3.05, 3.63) is 120 Å². The van der Waals surface area contributed by atoms with Crippen molar-refractivity contribution in [1.29, 1.82) is 0 Å². The third-order valence-electron chi connectivity index (χ3n) is 5.71. The highest BCUT2D eigenvalue weighted by Gasteiger charge is 2.19. The quantitative estimate of drug-likeness (QED) is 0.361. The highest BCUT2D eigenvalue weighted by Crippen LogP contribution is 2.26. The number of ether oxygens (including phenoxy) is 1. The molecular formula is C28H25N5O2. The van der Waals surface area contributed by atoms with Gasteiger partial charge in [0.05, 0.1) is 24.7 Å². The first-order valence-electron chi connectivity index (χ1n) is 11.3. The highest BCUT2D eigenvalue weighted by atomic mass is 16.5. The van der Waals surface area contributed by atoms with Gasteiger partial charge in [-0.15, -0.1) is 0 Å². The monoisotopic (exact) mass is 463 g/mol. The van der Waals surface area contributed by atoms with Crippen molar-refractivity contribution in [2.24, 2.45) is 0 Å². The van der Waals surface area contributed by atoms with Gasteiger partial charge >= 0.3 is 0 Å². The Kier molecular flexibility index (Phi) is 6.39. The summed E-state index contributed by atoms with van der Waals surface area (Å²) in [4.78, 5) is 17.4. The average molecular weight is 464 g/mol. The smallest absolute Gasteiger partial charge is 0.255 e. The third-order valence-corrected chi connectivity index (χ3v) is 5.71. The van der Waals surface area contributed by atoms with Gasteiger partial charge in [0.2, 0.25) is 0 Å². The fourth-order valence-corrected chi connectivity index (χ4v) is 3.92. The molecule has 0 aliphatic rings. The van der Waals surface area contributed by atoms with Crippen molar-refractivity contribution >= 4 is 5.91 Å². The summed E-state index contributed by atoms with van der Waals surface area (Å²) in [5, 5.41) is 7.81. The summed E-state index contributed by atoms with van der Waals surface area (Å²) in [5.41, 5.74) is 5.01. The largest absolute Gasteiger partial charge is 0.497 e. The molecule has 7 heteroatoms. The van der Waals surface area contributed by atoms with Crippen LogP contribution >= 0.6 is 0 Å². The zero-order valence-electron chi connectivity index (χ0n) is 19.3. The number of methoxy groups -OCH3 is 1. The fraction of sp³-hybridized carbons (Fsp3) is 0.107. The highest BCUT2D eigenvalue weighted by molar-refractivity contribution is 5.99. The lowest BCUT2D eigenvalue weighted by Gasteiger charge is -2.08. The molecule has 35 heavy (non-hydrogen) atoms. The van der Waals surface area contributed by atoms with Crippen LogP contribution in [0.25, 0.3) is 16.9 Å². The molecule has 0 bridgehead atoms. The van der Waals surface area contributed by atoms with Gasteiger partial charge in [0.25, 0.3) is 5.91 Å². The second kappa shape index (κ2) is 10.1. The molecule has 5 rings (SSSR count). The van der Waals surface area contributed by atoms with E-state index in [-0.39, 0.29) is 5.91 Å². The fourth-order valence-electron chi connectivity index (χ4n) is 3.92. The SMILES string of the molecule is COc1ccc(-c2nn(-c3ccccc3)cc2C(=O)NCc2cccc(Cn3ccnc3)c2)cc1. The van der Waals surface area contributed by atoms with Crippen LogP contribution in [0.2, 0.25) is 0 Å². The molecule has 1 amide bonds.